The minimum Gasteiger partial charge on any atom is -0.507 e. The Morgan fingerprint density at radius 1 is 0.971 bits per heavy atom. The summed E-state index contributed by atoms with van der Waals surface area (Å²) in [7, 11) is 0. The topological polar surface area (TPSA) is 70.1 Å². The van der Waals surface area contributed by atoms with Crippen LogP contribution in [0.15, 0.2) is 54.1 Å². The van der Waals surface area contributed by atoms with Gasteiger partial charge in [0.2, 0.25) is 0 Å². The van der Waals surface area contributed by atoms with Gasteiger partial charge < -0.3 is 19.6 Å². The highest BCUT2D eigenvalue weighted by Crippen LogP contribution is 2.39. The molecule has 1 aliphatic heterocycles. The molecule has 0 spiro atoms. The van der Waals surface area contributed by atoms with Crippen LogP contribution in [0.4, 0.5) is 0 Å². The summed E-state index contributed by atoms with van der Waals surface area (Å²) in [4.78, 5) is 30.2. The first-order valence-corrected chi connectivity index (χ1v) is 12.8. The number of hydrogen-bond donors (Lipinski definition) is 1. The lowest BCUT2D eigenvalue weighted by atomic mass is 9.94. The molecular formula is C29H38N2O4. The average molecular weight is 479 g/mol. The van der Waals surface area contributed by atoms with Crippen LogP contribution in [0.1, 0.15) is 63.3 Å². The fraction of sp³-hybridized carbons (Fsp3) is 0.448. The Hall–Kier alpha value is -3.12. The van der Waals surface area contributed by atoms with E-state index in [1.165, 1.54) is 5.56 Å². The molecule has 1 saturated heterocycles. The maximum atomic E-state index is 13.2. The van der Waals surface area contributed by atoms with E-state index in [9.17, 15) is 14.7 Å². The minimum absolute atomic E-state index is 0.137. The van der Waals surface area contributed by atoms with Crippen LogP contribution in [0.2, 0.25) is 0 Å². The van der Waals surface area contributed by atoms with E-state index < -0.39 is 17.7 Å². The molecule has 1 atom stereocenters. The van der Waals surface area contributed by atoms with Gasteiger partial charge in [-0.2, -0.15) is 0 Å². The van der Waals surface area contributed by atoms with E-state index in [0.717, 1.165) is 37.9 Å². The molecule has 6 nitrogen and oxygen atoms in total. The van der Waals surface area contributed by atoms with Crippen LogP contribution in [0.25, 0.3) is 5.76 Å². The molecule has 1 unspecified atom stereocenters. The van der Waals surface area contributed by atoms with E-state index in [2.05, 4.69) is 32.6 Å². The van der Waals surface area contributed by atoms with Crippen molar-refractivity contribution in [2.24, 2.45) is 0 Å². The van der Waals surface area contributed by atoms with Crippen molar-refractivity contribution in [1.29, 1.82) is 0 Å². The molecule has 1 heterocycles. The van der Waals surface area contributed by atoms with E-state index >= 15 is 0 Å². The van der Waals surface area contributed by atoms with Crippen molar-refractivity contribution in [3.05, 3.63) is 70.8 Å². The number of ether oxygens (including phenoxy) is 1. The molecule has 0 bridgehead atoms. The maximum absolute atomic E-state index is 13.2. The van der Waals surface area contributed by atoms with Crippen LogP contribution in [-0.2, 0) is 16.0 Å². The minimum atomic E-state index is -0.644. The zero-order valence-corrected chi connectivity index (χ0v) is 21.4. The zero-order chi connectivity index (χ0) is 25.4. The largest absolute Gasteiger partial charge is 0.507 e. The number of nitrogens with zero attached hydrogens (tertiary/aromatic N) is 2. The number of hydrogen-bond acceptors (Lipinski definition) is 5. The van der Waals surface area contributed by atoms with Gasteiger partial charge in [-0.3, -0.25) is 9.59 Å². The molecule has 188 valence electrons. The van der Waals surface area contributed by atoms with Crippen LogP contribution in [0.3, 0.4) is 0 Å². The van der Waals surface area contributed by atoms with E-state index in [-0.39, 0.29) is 11.3 Å². The molecule has 1 fully saturated rings. The number of likely N-dealkylation sites (tertiary alicyclic amines) is 1. The lowest BCUT2D eigenvalue weighted by Crippen LogP contribution is -2.38. The summed E-state index contributed by atoms with van der Waals surface area (Å²) < 4.78 is 5.72. The van der Waals surface area contributed by atoms with Gasteiger partial charge in [0, 0.05) is 18.7 Å². The number of benzene rings is 2. The van der Waals surface area contributed by atoms with Crippen molar-refractivity contribution in [1.82, 2.24) is 9.80 Å². The number of aliphatic hydroxyl groups excluding tert-OH is 1. The molecule has 6 heteroatoms. The molecule has 0 aromatic heterocycles. The van der Waals surface area contributed by atoms with E-state index in [0.29, 0.717) is 31.0 Å². The van der Waals surface area contributed by atoms with E-state index in [1.807, 2.05) is 24.3 Å². The third kappa shape index (κ3) is 6.12. The maximum Gasteiger partial charge on any atom is 0.295 e. The molecule has 0 radical (unpaired) electrons. The molecule has 3 rings (SSSR count). The lowest BCUT2D eigenvalue weighted by Gasteiger charge is -2.28. The second kappa shape index (κ2) is 12.5. The van der Waals surface area contributed by atoms with Gasteiger partial charge in [-0.1, -0.05) is 58.4 Å². The first kappa shape index (κ1) is 26.5. The summed E-state index contributed by atoms with van der Waals surface area (Å²) in [6.45, 7) is 11.8. The standard InChI is InChI=1S/C29H38N2O4/c1-5-9-20-35-24-16-14-23(15-17-24)27(32)25-26(22-12-10-21(6-2)11-13-22)31(29(34)28(25)33)19-18-30(7-3)8-4/h10-17,26,32H,5-9,18-20H2,1-4H3/b27-25+. The summed E-state index contributed by atoms with van der Waals surface area (Å²) in [5, 5.41) is 11.3. The number of likely N-dealkylation sites (N-methyl/N-ethyl adjacent to an activating group) is 1. The Balaban J connectivity index is 1.99. The fourth-order valence-electron chi connectivity index (χ4n) is 4.38. The van der Waals surface area contributed by atoms with Gasteiger partial charge in [-0.05, 0) is 61.3 Å². The van der Waals surface area contributed by atoms with E-state index in [1.54, 1.807) is 29.2 Å². The van der Waals surface area contributed by atoms with Gasteiger partial charge >= 0.3 is 0 Å². The Labute approximate surface area is 209 Å². The lowest BCUT2D eigenvalue weighted by molar-refractivity contribution is -0.140. The number of aliphatic hydroxyl groups is 1. The summed E-state index contributed by atoms with van der Waals surface area (Å²) in [5.41, 5.74) is 2.62. The molecule has 2 aromatic rings. The van der Waals surface area contributed by atoms with Crippen LogP contribution < -0.4 is 4.74 Å². The highest BCUT2D eigenvalue weighted by molar-refractivity contribution is 6.46. The molecule has 1 amide bonds. The van der Waals surface area contributed by atoms with Crippen LogP contribution in [0.5, 0.6) is 5.75 Å². The predicted octanol–water partition coefficient (Wildman–Crippen LogP) is 5.19. The molecule has 1 N–H and O–H groups in total. The van der Waals surface area contributed by atoms with Gasteiger partial charge in [-0.25, -0.2) is 0 Å². The molecule has 0 aliphatic carbocycles. The first-order valence-electron chi connectivity index (χ1n) is 12.8. The number of carbonyl (C=O) groups is 2. The van der Waals surface area contributed by atoms with Gasteiger partial charge in [-0.15, -0.1) is 0 Å². The quantitative estimate of drug-likeness (QED) is 0.197. The van der Waals surface area contributed by atoms with E-state index in [4.69, 9.17) is 4.74 Å². The molecular weight excluding hydrogens is 440 g/mol. The van der Waals surface area contributed by atoms with Gasteiger partial charge in [0.25, 0.3) is 11.7 Å². The Morgan fingerprint density at radius 2 is 1.63 bits per heavy atom. The van der Waals surface area contributed by atoms with Gasteiger partial charge in [0.15, 0.2) is 0 Å². The van der Waals surface area contributed by atoms with Crippen molar-refractivity contribution < 1.29 is 19.4 Å². The number of rotatable bonds is 12. The summed E-state index contributed by atoms with van der Waals surface area (Å²) >= 11 is 0. The number of Topliss-reactive ketones (excluding diaryl/α,β-unsaturated/α-hetero) is 1. The Bertz CT molecular complexity index is 1020. The number of ketones is 1. The first-order chi connectivity index (χ1) is 16.9. The highest BCUT2D eigenvalue weighted by Gasteiger charge is 2.45. The van der Waals surface area contributed by atoms with Gasteiger partial charge in [0.05, 0.1) is 18.2 Å². The third-order valence-corrected chi connectivity index (χ3v) is 6.69. The van der Waals surface area contributed by atoms with Crippen molar-refractivity contribution in [2.75, 3.05) is 32.8 Å². The zero-order valence-electron chi connectivity index (χ0n) is 21.4. The van der Waals surface area contributed by atoms with Crippen LogP contribution in [0, 0.1) is 0 Å². The molecule has 2 aromatic carbocycles. The van der Waals surface area contributed by atoms with Crippen molar-refractivity contribution in [2.45, 2.75) is 53.0 Å². The summed E-state index contributed by atoms with van der Waals surface area (Å²) in [5.74, 6) is -0.655. The molecule has 35 heavy (non-hydrogen) atoms. The summed E-state index contributed by atoms with van der Waals surface area (Å²) in [6, 6.07) is 14.4. The second-order valence-corrected chi connectivity index (χ2v) is 8.84. The predicted molar refractivity (Wildman–Crippen MR) is 139 cm³/mol. The smallest absolute Gasteiger partial charge is 0.295 e. The highest BCUT2D eigenvalue weighted by atomic mass is 16.5. The second-order valence-electron chi connectivity index (χ2n) is 8.84. The fourth-order valence-corrected chi connectivity index (χ4v) is 4.38. The summed E-state index contributed by atoms with van der Waals surface area (Å²) in [6.07, 6.45) is 2.91. The number of unbranched alkanes of at least 4 members (excludes halogenated alkanes) is 1. The Morgan fingerprint density at radius 3 is 2.20 bits per heavy atom. The van der Waals surface area contributed by atoms with Crippen LogP contribution in [-0.4, -0.2) is 59.4 Å². The monoisotopic (exact) mass is 478 g/mol. The normalized spacial score (nSPS) is 17.4. The SMILES string of the molecule is CCCCOc1ccc(/C(O)=C2\C(=O)C(=O)N(CCN(CC)CC)C2c2ccc(CC)cc2)cc1. The number of amides is 1. The third-order valence-electron chi connectivity index (χ3n) is 6.69. The number of carbonyl (C=O) groups excluding carboxylic acids is 2. The van der Waals surface area contributed by atoms with Crippen molar-refractivity contribution in [3.63, 3.8) is 0 Å². The molecule has 1 aliphatic rings. The average Bonchev–Trinajstić information content (AvgIpc) is 3.14. The Kier molecular flexibility index (Phi) is 9.49. The van der Waals surface area contributed by atoms with Crippen molar-refractivity contribution in [3.8, 4) is 5.75 Å². The number of aryl methyl sites for hydroxylation is 1. The van der Waals surface area contributed by atoms with Crippen molar-refractivity contribution >= 4 is 17.4 Å². The molecule has 0 saturated carbocycles. The van der Waals surface area contributed by atoms with Gasteiger partial charge in [0.1, 0.15) is 11.5 Å². The van der Waals surface area contributed by atoms with Crippen LogP contribution >= 0.6 is 0 Å².